The van der Waals surface area contributed by atoms with E-state index in [1.54, 1.807) is 12.1 Å². The maximum Gasteiger partial charge on any atom is 0.321 e. The van der Waals surface area contributed by atoms with E-state index in [2.05, 4.69) is 5.32 Å². The van der Waals surface area contributed by atoms with Crippen LogP contribution in [-0.4, -0.2) is 30.6 Å². The third-order valence-corrected chi connectivity index (χ3v) is 3.55. The minimum atomic E-state index is -0.0623. The topological polar surface area (TPSA) is 58.4 Å². The highest BCUT2D eigenvalue weighted by Crippen LogP contribution is 2.18. The second-order valence-electron chi connectivity index (χ2n) is 4.61. The highest BCUT2D eigenvalue weighted by atomic mass is 35.5. The summed E-state index contributed by atoms with van der Waals surface area (Å²) in [5, 5.41) is 3.48. The summed E-state index contributed by atoms with van der Waals surface area (Å²) in [6.45, 7) is 2.26. The number of likely N-dealkylation sites (tertiary alicyclic amines) is 1. The van der Waals surface area contributed by atoms with Gasteiger partial charge in [0.25, 0.3) is 0 Å². The SMILES string of the molecule is NCC1CCN(C(=O)Nc2cccc(Cl)c2)CC1. The zero-order chi connectivity index (χ0) is 13.0. The lowest BCUT2D eigenvalue weighted by molar-refractivity contribution is 0.184. The van der Waals surface area contributed by atoms with Gasteiger partial charge in [0.15, 0.2) is 0 Å². The number of nitrogens with two attached hydrogens (primary N) is 1. The first kappa shape index (κ1) is 13.2. The average Bonchev–Trinajstić information content (AvgIpc) is 2.39. The molecule has 2 amide bonds. The molecule has 1 aromatic rings. The Morgan fingerprint density at radius 2 is 2.17 bits per heavy atom. The van der Waals surface area contributed by atoms with Crippen molar-refractivity contribution in [2.24, 2.45) is 11.7 Å². The molecule has 0 radical (unpaired) electrons. The van der Waals surface area contributed by atoms with E-state index < -0.39 is 0 Å². The third kappa shape index (κ3) is 3.37. The van der Waals surface area contributed by atoms with Gasteiger partial charge in [-0.25, -0.2) is 4.79 Å². The first-order valence-electron chi connectivity index (χ1n) is 6.20. The number of urea groups is 1. The van der Waals surface area contributed by atoms with Gasteiger partial charge in [-0.05, 0) is 43.5 Å². The number of carbonyl (C=O) groups is 1. The van der Waals surface area contributed by atoms with E-state index in [4.69, 9.17) is 17.3 Å². The molecule has 98 valence electrons. The van der Waals surface area contributed by atoms with Gasteiger partial charge in [-0.2, -0.15) is 0 Å². The van der Waals surface area contributed by atoms with Crippen LogP contribution in [0.5, 0.6) is 0 Å². The van der Waals surface area contributed by atoms with Crippen LogP contribution in [0.1, 0.15) is 12.8 Å². The predicted octanol–water partition coefficient (Wildman–Crippen LogP) is 2.54. The molecule has 0 aromatic heterocycles. The fraction of sp³-hybridized carbons (Fsp3) is 0.462. The minimum absolute atomic E-state index is 0.0623. The van der Waals surface area contributed by atoms with Gasteiger partial charge in [-0.15, -0.1) is 0 Å². The quantitative estimate of drug-likeness (QED) is 0.865. The highest BCUT2D eigenvalue weighted by Gasteiger charge is 2.21. The van der Waals surface area contributed by atoms with E-state index in [1.165, 1.54) is 0 Å². The predicted molar refractivity (Wildman–Crippen MR) is 73.8 cm³/mol. The molecule has 0 unspecified atom stereocenters. The van der Waals surface area contributed by atoms with Crippen LogP contribution in [-0.2, 0) is 0 Å². The molecule has 1 aromatic carbocycles. The van der Waals surface area contributed by atoms with E-state index >= 15 is 0 Å². The molecule has 5 heteroatoms. The Bertz CT molecular complexity index is 416. The Labute approximate surface area is 112 Å². The number of nitrogens with one attached hydrogen (secondary N) is 1. The molecule has 3 N–H and O–H groups in total. The normalized spacial score (nSPS) is 16.7. The monoisotopic (exact) mass is 267 g/mol. The van der Waals surface area contributed by atoms with Crippen LogP contribution in [0.15, 0.2) is 24.3 Å². The van der Waals surface area contributed by atoms with Crippen molar-refractivity contribution >= 4 is 23.3 Å². The van der Waals surface area contributed by atoms with E-state index in [0.29, 0.717) is 17.5 Å². The molecule has 1 aliphatic heterocycles. The number of piperidine rings is 1. The number of amides is 2. The summed E-state index contributed by atoms with van der Waals surface area (Å²) >= 11 is 5.87. The molecule has 1 heterocycles. The smallest absolute Gasteiger partial charge is 0.321 e. The number of carbonyl (C=O) groups excluding carboxylic acids is 1. The lowest BCUT2D eigenvalue weighted by Crippen LogP contribution is -2.42. The number of anilines is 1. The van der Waals surface area contributed by atoms with Gasteiger partial charge in [0, 0.05) is 23.8 Å². The van der Waals surface area contributed by atoms with E-state index in [9.17, 15) is 4.79 Å². The first-order valence-corrected chi connectivity index (χ1v) is 6.58. The zero-order valence-corrected chi connectivity index (χ0v) is 11.0. The van der Waals surface area contributed by atoms with Crippen molar-refractivity contribution in [3.8, 4) is 0 Å². The Morgan fingerprint density at radius 3 is 2.78 bits per heavy atom. The Kier molecular flexibility index (Phi) is 4.44. The summed E-state index contributed by atoms with van der Waals surface area (Å²) in [6.07, 6.45) is 1.97. The number of nitrogens with zero attached hydrogens (tertiary/aromatic N) is 1. The second kappa shape index (κ2) is 6.07. The zero-order valence-electron chi connectivity index (χ0n) is 10.2. The molecule has 0 atom stereocenters. The lowest BCUT2D eigenvalue weighted by atomic mass is 9.97. The lowest BCUT2D eigenvalue weighted by Gasteiger charge is -2.31. The van der Waals surface area contributed by atoms with Crippen LogP contribution < -0.4 is 11.1 Å². The van der Waals surface area contributed by atoms with Crippen LogP contribution in [0.25, 0.3) is 0 Å². The number of hydrogen-bond donors (Lipinski definition) is 2. The maximum atomic E-state index is 12.0. The average molecular weight is 268 g/mol. The summed E-state index contributed by atoms with van der Waals surface area (Å²) in [7, 11) is 0. The van der Waals surface area contributed by atoms with Gasteiger partial charge in [0.2, 0.25) is 0 Å². The molecular formula is C13H18ClN3O. The van der Waals surface area contributed by atoms with Crippen molar-refractivity contribution < 1.29 is 4.79 Å². The van der Waals surface area contributed by atoms with Crippen LogP contribution in [0.4, 0.5) is 10.5 Å². The van der Waals surface area contributed by atoms with E-state index in [1.807, 2.05) is 17.0 Å². The summed E-state index contributed by atoms with van der Waals surface area (Å²) in [4.78, 5) is 13.8. The van der Waals surface area contributed by atoms with Crippen LogP contribution >= 0.6 is 11.6 Å². The Morgan fingerprint density at radius 1 is 1.44 bits per heavy atom. The molecule has 0 aliphatic carbocycles. The molecule has 1 aliphatic rings. The third-order valence-electron chi connectivity index (χ3n) is 3.31. The molecule has 4 nitrogen and oxygen atoms in total. The summed E-state index contributed by atoms with van der Waals surface area (Å²) in [5.74, 6) is 0.556. The van der Waals surface area contributed by atoms with Gasteiger partial charge in [-0.3, -0.25) is 0 Å². The van der Waals surface area contributed by atoms with E-state index in [-0.39, 0.29) is 6.03 Å². The summed E-state index contributed by atoms with van der Waals surface area (Å²) in [5.41, 5.74) is 6.36. The van der Waals surface area contributed by atoms with Gasteiger partial charge in [-0.1, -0.05) is 17.7 Å². The Balaban J connectivity index is 1.89. The van der Waals surface area contributed by atoms with Gasteiger partial charge in [0.1, 0.15) is 0 Å². The second-order valence-corrected chi connectivity index (χ2v) is 5.04. The van der Waals surface area contributed by atoms with Gasteiger partial charge in [0.05, 0.1) is 0 Å². The van der Waals surface area contributed by atoms with Crippen molar-refractivity contribution in [3.63, 3.8) is 0 Å². The number of benzene rings is 1. The molecule has 1 fully saturated rings. The van der Waals surface area contributed by atoms with Gasteiger partial charge < -0.3 is 16.0 Å². The highest BCUT2D eigenvalue weighted by molar-refractivity contribution is 6.30. The number of halogens is 1. The molecule has 1 saturated heterocycles. The van der Waals surface area contributed by atoms with Crippen molar-refractivity contribution in [3.05, 3.63) is 29.3 Å². The molecule has 0 saturated carbocycles. The van der Waals surface area contributed by atoms with Crippen molar-refractivity contribution in [2.45, 2.75) is 12.8 Å². The Hall–Kier alpha value is -1.26. The van der Waals surface area contributed by atoms with Crippen LogP contribution in [0.2, 0.25) is 5.02 Å². The van der Waals surface area contributed by atoms with E-state index in [0.717, 1.165) is 31.6 Å². The fourth-order valence-corrected chi connectivity index (χ4v) is 2.33. The molecular weight excluding hydrogens is 250 g/mol. The van der Waals surface area contributed by atoms with Crippen LogP contribution in [0.3, 0.4) is 0 Å². The minimum Gasteiger partial charge on any atom is -0.330 e. The van der Waals surface area contributed by atoms with Gasteiger partial charge >= 0.3 is 6.03 Å². The molecule has 0 spiro atoms. The van der Waals surface area contributed by atoms with Crippen molar-refractivity contribution in [2.75, 3.05) is 25.0 Å². The summed E-state index contributed by atoms with van der Waals surface area (Å²) in [6, 6.07) is 7.11. The fourth-order valence-electron chi connectivity index (χ4n) is 2.14. The number of rotatable bonds is 2. The maximum absolute atomic E-state index is 12.0. The standard InChI is InChI=1S/C13H18ClN3O/c14-11-2-1-3-12(8-11)16-13(18)17-6-4-10(9-15)5-7-17/h1-3,8,10H,4-7,9,15H2,(H,16,18). The van der Waals surface area contributed by atoms with Crippen LogP contribution in [0, 0.1) is 5.92 Å². The van der Waals surface area contributed by atoms with Crippen molar-refractivity contribution in [1.29, 1.82) is 0 Å². The van der Waals surface area contributed by atoms with Crippen molar-refractivity contribution in [1.82, 2.24) is 4.90 Å². The molecule has 2 rings (SSSR count). The first-order chi connectivity index (χ1) is 8.69. The number of hydrogen-bond acceptors (Lipinski definition) is 2. The molecule has 0 bridgehead atoms. The molecule has 18 heavy (non-hydrogen) atoms. The summed E-state index contributed by atoms with van der Waals surface area (Å²) < 4.78 is 0. The largest absolute Gasteiger partial charge is 0.330 e.